The van der Waals surface area contributed by atoms with E-state index in [2.05, 4.69) is 93.7 Å². The van der Waals surface area contributed by atoms with Crippen molar-refractivity contribution in [3.8, 4) is 11.5 Å². The third kappa shape index (κ3) is 11.1. The van der Waals surface area contributed by atoms with E-state index in [1.165, 1.54) is 51.7 Å². The number of nitro groups is 2. The zero-order chi connectivity index (χ0) is 48.6. The number of nitrogens with zero attached hydrogens (tertiary/aromatic N) is 4. The van der Waals surface area contributed by atoms with E-state index in [1.54, 1.807) is 44.4 Å². The van der Waals surface area contributed by atoms with Crippen LogP contribution in [0.3, 0.4) is 0 Å². The van der Waals surface area contributed by atoms with E-state index in [0.29, 0.717) is 11.3 Å². The van der Waals surface area contributed by atoms with Crippen LogP contribution in [0.1, 0.15) is 89.2 Å². The number of benzene rings is 4. The van der Waals surface area contributed by atoms with Gasteiger partial charge in [-0.25, -0.2) is 9.98 Å². The molecule has 0 amide bonds. The Balaban J connectivity index is 0.000000169. The number of hydrogen-bond donors (Lipinski definition) is 0. The molecule has 2 heterocycles. The quantitative estimate of drug-likeness (QED) is 0.0328. The molecule has 9 rings (SSSR count). The minimum atomic E-state index is -1.64. The molecule has 0 spiro atoms. The molecule has 6 atom stereocenters. The molecule has 354 valence electrons. The number of aryl methyl sites for hydroxylation is 2. The maximum Gasteiger partial charge on any atom is 0.319 e. The predicted octanol–water partition coefficient (Wildman–Crippen LogP) is 10.2. The van der Waals surface area contributed by atoms with Gasteiger partial charge in [0.05, 0.1) is 34.6 Å². The topological polar surface area (TPSA) is 191 Å². The lowest BCUT2D eigenvalue weighted by Crippen LogP contribution is -2.44. The maximum atomic E-state index is 12.2. The van der Waals surface area contributed by atoms with Gasteiger partial charge in [-0.15, -0.1) is 0 Å². The Bertz CT molecular complexity index is 2520. The second kappa shape index (κ2) is 22.1. The molecule has 3 unspecified atom stereocenters. The molecule has 5 aliphatic rings. The summed E-state index contributed by atoms with van der Waals surface area (Å²) >= 11 is 4.55. The summed E-state index contributed by atoms with van der Waals surface area (Å²) < 4.78 is 28.9. The first-order valence-corrected chi connectivity index (χ1v) is 24.7. The number of ether oxygens (including phenoxy) is 5. The van der Waals surface area contributed by atoms with E-state index < -0.39 is 39.5 Å². The molecule has 0 aromatic heterocycles. The Kier molecular flexibility index (Phi) is 16.8. The third-order valence-electron chi connectivity index (χ3n) is 12.9. The molecule has 4 aromatic rings. The molecule has 1 fully saturated rings. The first-order chi connectivity index (χ1) is 32.0. The van der Waals surface area contributed by atoms with Crippen LogP contribution in [0, 0.1) is 44.9 Å². The number of carbonyl (C=O) groups excluding carboxylic acids is 2. The summed E-state index contributed by atoms with van der Waals surface area (Å²) in [7, 11) is 4.27. The highest BCUT2D eigenvalue weighted by Crippen LogP contribution is 2.56. The van der Waals surface area contributed by atoms with Gasteiger partial charge in [0, 0.05) is 23.8 Å². The van der Waals surface area contributed by atoms with E-state index in [9.17, 15) is 29.8 Å². The number of Topliss-reactive ketones (excluding diaryl/α,β-unsaturated/α-hetero) is 1. The summed E-state index contributed by atoms with van der Waals surface area (Å²) in [6, 6.07) is 27.9. The fourth-order valence-corrected chi connectivity index (χ4v) is 9.09. The van der Waals surface area contributed by atoms with Crippen molar-refractivity contribution in [2.75, 3.05) is 30.3 Å². The van der Waals surface area contributed by atoms with Gasteiger partial charge < -0.3 is 23.7 Å². The molecule has 15 nitrogen and oxygen atoms in total. The van der Waals surface area contributed by atoms with Crippen LogP contribution in [0.15, 0.2) is 101 Å². The maximum absolute atomic E-state index is 12.2. The molecular formula is C50H54I2N4O11. The minimum absolute atomic E-state index is 0.149. The summed E-state index contributed by atoms with van der Waals surface area (Å²) in [4.78, 5) is 54.5. The van der Waals surface area contributed by atoms with Gasteiger partial charge in [0.25, 0.3) is 0 Å². The molecule has 0 saturated heterocycles. The predicted molar refractivity (Wildman–Crippen MR) is 272 cm³/mol. The van der Waals surface area contributed by atoms with Crippen molar-refractivity contribution in [1.29, 1.82) is 0 Å². The van der Waals surface area contributed by atoms with Crippen LogP contribution in [-0.4, -0.2) is 75.9 Å². The van der Waals surface area contributed by atoms with Gasteiger partial charge in [-0.3, -0.25) is 29.8 Å². The summed E-state index contributed by atoms with van der Waals surface area (Å²) in [5.41, 5.74) is 6.60. The van der Waals surface area contributed by atoms with Gasteiger partial charge >= 0.3 is 5.97 Å². The largest absolute Gasteiger partial charge is 0.496 e. The molecule has 0 N–H and O–H groups in total. The van der Waals surface area contributed by atoms with E-state index >= 15 is 0 Å². The number of rotatable bonds is 12. The summed E-state index contributed by atoms with van der Waals surface area (Å²) in [5, 5.41) is 21.2. The van der Waals surface area contributed by atoms with E-state index in [0.717, 1.165) is 73.2 Å². The highest BCUT2D eigenvalue weighted by atomic mass is 127. The monoisotopic (exact) mass is 1140 g/mol. The zero-order valence-corrected chi connectivity index (χ0v) is 42.7. The van der Waals surface area contributed by atoms with Crippen LogP contribution in [0.2, 0.25) is 0 Å². The average Bonchev–Trinajstić information content (AvgIpc) is 3.53. The Morgan fingerprint density at radius 3 is 1.73 bits per heavy atom. The van der Waals surface area contributed by atoms with Crippen LogP contribution in [-0.2, 0) is 36.6 Å². The Morgan fingerprint density at radius 2 is 1.31 bits per heavy atom. The van der Waals surface area contributed by atoms with Crippen molar-refractivity contribution < 1.29 is 43.1 Å². The van der Waals surface area contributed by atoms with Crippen molar-refractivity contribution in [3.63, 3.8) is 0 Å². The minimum Gasteiger partial charge on any atom is -0.496 e. The van der Waals surface area contributed by atoms with Gasteiger partial charge in [0.1, 0.15) is 52.4 Å². The lowest BCUT2D eigenvalue weighted by atomic mass is 9.70. The first kappa shape index (κ1) is 51.0. The first-order valence-electron chi connectivity index (χ1n) is 21.6. The second-order valence-electron chi connectivity index (χ2n) is 16.9. The molecule has 0 bridgehead atoms. The van der Waals surface area contributed by atoms with Gasteiger partial charge in [0.2, 0.25) is 12.7 Å². The SMILES string of the molecule is COC(=O)C(C)(C(C)=O)[C@@H](C[N+](=O)[O-])c1ccc(OC)c(C)c1.COc1ccc(/C=C/[N+](=O)[O-])cc1C.ICI.c1ccc2c(c1)C[C@@H]1OC(C3(C4=NC5c6ccccc6C[C@@H]5O4)CC3)=NC21. The van der Waals surface area contributed by atoms with Crippen LogP contribution in [0.5, 0.6) is 11.5 Å². The Labute approximate surface area is 417 Å². The molecule has 4 aromatic carbocycles. The van der Waals surface area contributed by atoms with Crippen molar-refractivity contribution in [2.45, 2.75) is 83.6 Å². The van der Waals surface area contributed by atoms with Crippen molar-refractivity contribution in [3.05, 3.63) is 156 Å². The summed E-state index contributed by atoms with van der Waals surface area (Å²) in [6.45, 7) is 5.74. The van der Waals surface area contributed by atoms with Crippen molar-refractivity contribution in [1.82, 2.24) is 0 Å². The lowest BCUT2D eigenvalue weighted by Gasteiger charge is -2.31. The highest BCUT2D eigenvalue weighted by molar-refractivity contribution is 14.2. The second-order valence-corrected chi connectivity index (χ2v) is 21.4. The van der Waals surface area contributed by atoms with E-state index in [4.69, 9.17) is 33.7 Å². The number of esters is 1. The number of methoxy groups -OCH3 is 3. The molecule has 2 aliphatic heterocycles. The number of halogens is 2. The van der Waals surface area contributed by atoms with Crippen LogP contribution >= 0.6 is 45.2 Å². The third-order valence-corrected chi connectivity index (χ3v) is 12.9. The van der Waals surface area contributed by atoms with Crippen LogP contribution in [0.4, 0.5) is 0 Å². The van der Waals surface area contributed by atoms with E-state index in [1.807, 2.05) is 13.0 Å². The smallest absolute Gasteiger partial charge is 0.319 e. The number of hydrogen-bond acceptors (Lipinski definition) is 13. The average molecular weight is 1140 g/mol. The number of carbonyl (C=O) groups is 2. The van der Waals surface area contributed by atoms with Gasteiger partial charge in [-0.05, 0) is 103 Å². The molecule has 1 saturated carbocycles. The highest BCUT2D eigenvalue weighted by Gasteiger charge is 2.61. The number of ketones is 1. The molecule has 67 heavy (non-hydrogen) atoms. The zero-order valence-electron chi connectivity index (χ0n) is 38.4. The van der Waals surface area contributed by atoms with E-state index in [-0.39, 0.29) is 29.7 Å². The summed E-state index contributed by atoms with van der Waals surface area (Å²) in [6.07, 6.45) is 6.65. The molecule has 17 heteroatoms. The number of aliphatic imine (C=N–C) groups is 2. The van der Waals surface area contributed by atoms with Crippen molar-refractivity contribution in [2.24, 2.45) is 20.8 Å². The molecule has 3 aliphatic carbocycles. The van der Waals surface area contributed by atoms with Crippen molar-refractivity contribution >= 4 is 74.8 Å². The van der Waals surface area contributed by atoms with Gasteiger partial charge in [0.15, 0.2) is 11.8 Å². The molecule has 0 radical (unpaired) electrons. The fraction of sp³-hybridized carbons (Fsp3) is 0.400. The number of alkyl halides is 2. The standard InChI is InChI=1S/C23H20N2O2.C16H21NO6.C10H11NO3.CH2I2/c1-3-7-15-13(5-1)11-17-19(15)24-21(26-17)23(9-10-23)22-25-20-16-8-4-2-6-14(16)12-18(20)27-22;1-10-8-12(6-7-14(10)22-4)13(9-17(20)21)16(3,11(2)18)15(19)23-5;1-8-7-9(5-6-11(12)13)3-4-10(8)14-2;2-1-3/h1-8,17-20H,9-12H2;6-8,13H,9H2,1-5H3;3-7H,1-2H3;1H2/b;;6-5+;/t17-,18-,19?,20?;13-,16?;;/m00../s1. The Morgan fingerprint density at radius 1 is 0.821 bits per heavy atom. The number of fused-ring (bicyclic) bond motifs is 6. The van der Waals surface area contributed by atoms with Gasteiger partial charge in [-0.2, -0.15) is 0 Å². The fourth-order valence-electron chi connectivity index (χ4n) is 9.09. The van der Waals surface area contributed by atoms with Gasteiger partial charge in [-0.1, -0.05) is 112 Å². The lowest BCUT2D eigenvalue weighted by molar-refractivity contribution is -0.485. The van der Waals surface area contributed by atoms with Crippen LogP contribution in [0.25, 0.3) is 6.08 Å². The molecular weight excluding hydrogens is 1090 g/mol. The summed E-state index contributed by atoms with van der Waals surface area (Å²) in [5.74, 6) is 0.944. The Hall–Kier alpha value is -5.44. The van der Waals surface area contributed by atoms with Crippen LogP contribution < -0.4 is 9.47 Å². The normalized spacial score (nSPS) is 20.8.